The number of nitrogens with zero attached hydrogens (tertiary/aromatic N) is 2. The topological polar surface area (TPSA) is 45.6 Å². The lowest BCUT2D eigenvalue weighted by Gasteiger charge is -2.33. The first-order valence-corrected chi connectivity index (χ1v) is 7.34. The molecular weight excluding hydrogens is 252 g/mol. The average molecular weight is 278 g/mol. The van der Waals surface area contributed by atoms with Crippen molar-refractivity contribution in [2.24, 2.45) is 0 Å². The molecule has 0 saturated carbocycles. The van der Waals surface area contributed by atoms with Crippen molar-refractivity contribution < 1.29 is 9.84 Å². The molecule has 0 amide bonds. The highest BCUT2D eigenvalue weighted by Crippen LogP contribution is 2.26. The number of ether oxygens (including phenoxy) is 1. The molecule has 1 fully saturated rings. The molecule has 1 N–H and O–H groups in total. The van der Waals surface area contributed by atoms with Gasteiger partial charge in [-0.15, -0.1) is 0 Å². The van der Waals surface area contributed by atoms with E-state index in [1.54, 1.807) is 7.11 Å². The highest BCUT2D eigenvalue weighted by Gasteiger charge is 2.22. The van der Waals surface area contributed by atoms with Crippen molar-refractivity contribution in [1.82, 2.24) is 4.98 Å². The van der Waals surface area contributed by atoms with Gasteiger partial charge < -0.3 is 14.7 Å². The molecule has 20 heavy (non-hydrogen) atoms. The van der Waals surface area contributed by atoms with Gasteiger partial charge in [0.25, 0.3) is 0 Å². The Labute approximate surface area is 121 Å². The minimum atomic E-state index is -0.00915. The Morgan fingerprint density at radius 1 is 1.30 bits per heavy atom. The van der Waals surface area contributed by atoms with E-state index < -0.39 is 0 Å². The summed E-state index contributed by atoms with van der Waals surface area (Å²) < 4.78 is 5.41. The van der Waals surface area contributed by atoms with Gasteiger partial charge in [-0.3, -0.25) is 0 Å². The molecule has 0 atom stereocenters. The van der Waals surface area contributed by atoms with E-state index in [-0.39, 0.29) is 12.0 Å². The van der Waals surface area contributed by atoms with Crippen LogP contribution in [0.25, 0.3) is 0 Å². The number of piperidine rings is 1. The van der Waals surface area contributed by atoms with Gasteiger partial charge in [0.1, 0.15) is 5.82 Å². The maximum atomic E-state index is 9.46. The fourth-order valence-corrected chi connectivity index (χ4v) is 2.53. The van der Waals surface area contributed by atoms with Gasteiger partial charge in [-0.1, -0.05) is 20.8 Å². The Balaban J connectivity index is 2.23. The molecule has 1 saturated heterocycles. The molecule has 0 spiro atoms. The SMILES string of the molecule is COC1CCN(c2cc(CO)cc(C(C)(C)C)n2)CC1. The minimum Gasteiger partial charge on any atom is -0.392 e. The van der Waals surface area contributed by atoms with Crippen LogP contribution in [0.3, 0.4) is 0 Å². The van der Waals surface area contributed by atoms with E-state index >= 15 is 0 Å². The summed E-state index contributed by atoms with van der Waals surface area (Å²) in [7, 11) is 1.78. The molecule has 1 aromatic heterocycles. The molecule has 1 aliphatic rings. The van der Waals surface area contributed by atoms with Gasteiger partial charge in [0, 0.05) is 31.3 Å². The normalized spacial score (nSPS) is 17.6. The molecule has 0 unspecified atom stereocenters. The van der Waals surface area contributed by atoms with Crippen molar-refractivity contribution in [3.63, 3.8) is 0 Å². The van der Waals surface area contributed by atoms with E-state index in [9.17, 15) is 5.11 Å². The van der Waals surface area contributed by atoms with Crippen LogP contribution in [0.15, 0.2) is 12.1 Å². The second kappa shape index (κ2) is 6.10. The van der Waals surface area contributed by atoms with Crippen LogP contribution >= 0.6 is 0 Å². The van der Waals surface area contributed by atoms with Crippen LogP contribution in [0, 0.1) is 0 Å². The molecule has 0 radical (unpaired) electrons. The molecule has 1 aromatic rings. The van der Waals surface area contributed by atoms with Gasteiger partial charge in [-0.2, -0.15) is 0 Å². The quantitative estimate of drug-likeness (QED) is 0.922. The van der Waals surface area contributed by atoms with Crippen molar-refractivity contribution in [2.45, 2.75) is 51.7 Å². The van der Waals surface area contributed by atoms with Crippen LogP contribution in [-0.2, 0) is 16.8 Å². The second-order valence-electron chi connectivity index (χ2n) is 6.55. The first-order chi connectivity index (χ1) is 9.44. The number of methoxy groups -OCH3 is 1. The van der Waals surface area contributed by atoms with E-state index in [0.717, 1.165) is 43.0 Å². The van der Waals surface area contributed by atoms with Crippen molar-refractivity contribution in [1.29, 1.82) is 0 Å². The van der Waals surface area contributed by atoms with Crippen molar-refractivity contribution in [3.05, 3.63) is 23.4 Å². The molecule has 2 rings (SSSR count). The Hall–Kier alpha value is -1.13. The number of rotatable bonds is 3. The standard InChI is InChI=1S/C16H26N2O2/c1-16(2,3)14-9-12(11-19)10-15(17-14)18-7-5-13(20-4)6-8-18/h9-10,13,19H,5-8,11H2,1-4H3. The van der Waals surface area contributed by atoms with Crippen LogP contribution in [0.5, 0.6) is 0 Å². The average Bonchev–Trinajstić information content (AvgIpc) is 2.46. The maximum absolute atomic E-state index is 9.46. The van der Waals surface area contributed by atoms with Gasteiger partial charge in [-0.05, 0) is 30.5 Å². The molecule has 4 heteroatoms. The number of aliphatic hydroxyl groups excluding tert-OH is 1. The summed E-state index contributed by atoms with van der Waals surface area (Å²) in [5.74, 6) is 0.982. The third-order valence-electron chi connectivity index (χ3n) is 3.92. The van der Waals surface area contributed by atoms with Gasteiger partial charge in [0.05, 0.1) is 12.7 Å². The Morgan fingerprint density at radius 2 is 1.95 bits per heavy atom. The molecule has 112 valence electrons. The smallest absolute Gasteiger partial charge is 0.129 e. The van der Waals surface area contributed by atoms with Crippen LogP contribution < -0.4 is 4.90 Å². The number of anilines is 1. The van der Waals surface area contributed by atoms with Gasteiger partial charge in [0.2, 0.25) is 0 Å². The Kier molecular flexibility index (Phi) is 4.66. The maximum Gasteiger partial charge on any atom is 0.129 e. The Bertz CT molecular complexity index is 446. The highest BCUT2D eigenvalue weighted by molar-refractivity contribution is 5.44. The van der Waals surface area contributed by atoms with Gasteiger partial charge >= 0.3 is 0 Å². The predicted molar refractivity (Wildman–Crippen MR) is 81.1 cm³/mol. The van der Waals surface area contributed by atoms with Crippen LogP contribution in [0.2, 0.25) is 0 Å². The third-order valence-corrected chi connectivity index (χ3v) is 3.92. The summed E-state index contributed by atoms with van der Waals surface area (Å²) in [6.07, 6.45) is 2.44. The molecule has 0 aliphatic carbocycles. The molecule has 4 nitrogen and oxygen atoms in total. The zero-order valence-electron chi connectivity index (χ0n) is 13.0. The summed E-state index contributed by atoms with van der Waals surface area (Å²) in [5, 5.41) is 9.46. The van der Waals surface area contributed by atoms with Gasteiger partial charge in [0.15, 0.2) is 0 Å². The molecule has 0 aromatic carbocycles. The van der Waals surface area contributed by atoms with E-state index in [0.29, 0.717) is 6.10 Å². The van der Waals surface area contributed by atoms with E-state index in [1.165, 1.54) is 0 Å². The largest absolute Gasteiger partial charge is 0.392 e. The van der Waals surface area contributed by atoms with Crippen LogP contribution in [0.1, 0.15) is 44.9 Å². The minimum absolute atomic E-state index is 0.00915. The predicted octanol–water partition coefficient (Wildman–Crippen LogP) is 2.49. The van der Waals surface area contributed by atoms with E-state index in [1.807, 2.05) is 12.1 Å². The monoisotopic (exact) mass is 278 g/mol. The number of pyridine rings is 1. The first-order valence-electron chi connectivity index (χ1n) is 7.34. The number of aromatic nitrogens is 1. The zero-order valence-corrected chi connectivity index (χ0v) is 13.0. The summed E-state index contributed by atoms with van der Waals surface area (Å²) >= 11 is 0. The summed E-state index contributed by atoms with van der Waals surface area (Å²) in [6.45, 7) is 8.44. The lowest BCUT2D eigenvalue weighted by molar-refractivity contribution is 0.0818. The van der Waals surface area contributed by atoms with E-state index in [4.69, 9.17) is 9.72 Å². The van der Waals surface area contributed by atoms with Crippen LogP contribution in [-0.4, -0.2) is 36.4 Å². The fraction of sp³-hybridized carbons (Fsp3) is 0.688. The summed E-state index contributed by atoms with van der Waals surface area (Å²) in [6, 6.07) is 4.01. The lowest BCUT2D eigenvalue weighted by Crippen LogP contribution is -2.37. The molecular formula is C16H26N2O2. The molecule has 2 heterocycles. The fourth-order valence-electron chi connectivity index (χ4n) is 2.53. The van der Waals surface area contributed by atoms with Crippen molar-refractivity contribution in [3.8, 4) is 0 Å². The number of hydrogen-bond donors (Lipinski definition) is 1. The van der Waals surface area contributed by atoms with Crippen molar-refractivity contribution in [2.75, 3.05) is 25.1 Å². The lowest BCUT2D eigenvalue weighted by atomic mass is 9.90. The van der Waals surface area contributed by atoms with Gasteiger partial charge in [-0.25, -0.2) is 4.98 Å². The third kappa shape index (κ3) is 3.49. The Morgan fingerprint density at radius 3 is 2.45 bits per heavy atom. The zero-order chi connectivity index (χ0) is 14.8. The summed E-state index contributed by atoms with van der Waals surface area (Å²) in [5.41, 5.74) is 1.96. The van der Waals surface area contributed by atoms with Crippen molar-refractivity contribution >= 4 is 5.82 Å². The van der Waals surface area contributed by atoms with E-state index in [2.05, 4.69) is 25.7 Å². The molecule has 1 aliphatic heterocycles. The number of aliphatic hydroxyl groups is 1. The molecule has 0 bridgehead atoms. The first kappa shape index (κ1) is 15.3. The number of hydrogen-bond acceptors (Lipinski definition) is 4. The highest BCUT2D eigenvalue weighted by atomic mass is 16.5. The summed E-state index contributed by atoms with van der Waals surface area (Å²) in [4.78, 5) is 7.10. The second-order valence-corrected chi connectivity index (χ2v) is 6.55. The van der Waals surface area contributed by atoms with Crippen LogP contribution in [0.4, 0.5) is 5.82 Å².